The number of ether oxygens (including phenoxy) is 2. The molecular formula is C22H38N4O2. The van der Waals surface area contributed by atoms with Gasteiger partial charge in [-0.1, -0.05) is 13.8 Å². The lowest BCUT2D eigenvalue weighted by Crippen LogP contribution is -2.46. The SMILES string of the molecule is CN=C(NCC1CCCN(CC(C)C)C1)N(C)CCOc1ccc(OC)cc1. The number of nitrogens with one attached hydrogen (secondary N) is 1. The summed E-state index contributed by atoms with van der Waals surface area (Å²) in [6.07, 6.45) is 2.59. The first-order valence-corrected chi connectivity index (χ1v) is 10.4. The molecule has 1 aliphatic heterocycles. The Labute approximate surface area is 170 Å². The molecule has 1 saturated heterocycles. The molecule has 0 amide bonds. The summed E-state index contributed by atoms with van der Waals surface area (Å²) in [6.45, 7) is 10.6. The minimum Gasteiger partial charge on any atom is -0.497 e. The Morgan fingerprint density at radius 2 is 2.00 bits per heavy atom. The number of hydrogen-bond acceptors (Lipinski definition) is 4. The Morgan fingerprint density at radius 1 is 1.29 bits per heavy atom. The van der Waals surface area contributed by atoms with E-state index in [0.29, 0.717) is 12.5 Å². The van der Waals surface area contributed by atoms with Gasteiger partial charge in [0, 0.05) is 33.7 Å². The van der Waals surface area contributed by atoms with E-state index in [2.05, 4.69) is 41.0 Å². The molecule has 1 aromatic rings. The number of benzene rings is 1. The molecular weight excluding hydrogens is 352 g/mol. The lowest BCUT2D eigenvalue weighted by molar-refractivity contribution is 0.159. The zero-order chi connectivity index (χ0) is 20.4. The highest BCUT2D eigenvalue weighted by Gasteiger charge is 2.21. The third-order valence-corrected chi connectivity index (χ3v) is 5.10. The Bertz CT molecular complexity index is 589. The van der Waals surface area contributed by atoms with Crippen LogP contribution >= 0.6 is 0 Å². The molecule has 1 aromatic carbocycles. The van der Waals surface area contributed by atoms with Crippen molar-refractivity contribution in [1.29, 1.82) is 0 Å². The van der Waals surface area contributed by atoms with Gasteiger partial charge in [-0.3, -0.25) is 4.99 Å². The molecule has 28 heavy (non-hydrogen) atoms. The number of nitrogens with zero attached hydrogens (tertiary/aromatic N) is 3. The summed E-state index contributed by atoms with van der Waals surface area (Å²) < 4.78 is 11.0. The van der Waals surface area contributed by atoms with Crippen LogP contribution in [0.3, 0.4) is 0 Å². The van der Waals surface area contributed by atoms with E-state index in [9.17, 15) is 0 Å². The van der Waals surface area contributed by atoms with Crippen molar-refractivity contribution in [3.63, 3.8) is 0 Å². The number of guanidine groups is 1. The van der Waals surface area contributed by atoms with Crippen LogP contribution in [0.2, 0.25) is 0 Å². The summed E-state index contributed by atoms with van der Waals surface area (Å²) in [4.78, 5) is 9.16. The van der Waals surface area contributed by atoms with Crippen LogP contribution in [-0.2, 0) is 0 Å². The lowest BCUT2D eigenvalue weighted by atomic mass is 9.97. The second-order valence-electron chi connectivity index (χ2n) is 8.04. The second kappa shape index (κ2) is 11.8. The van der Waals surface area contributed by atoms with Crippen LogP contribution in [0.4, 0.5) is 0 Å². The number of methoxy groups -OCH3 is 1. The van der Waals surface area contributed by atoms with Gasteiger partial charge in [0.05, 0.1) is 13.7 Å². The Kier molecular flexibility index (Phi) is 9.41. The zero-order valence-electron chi connectivity index (χ0n) is 18.3. The second-order valence-corrected chi connectivity index (χ2v) is 8.04. The number of likely N-dealkylation sites (tertiary alicyclic amines) is 1. The largest absolute Gasteiger partial charge is 0.497 e. The minimum atomic E-state index is 0.606. The van der Waals surface area contributed by atoms with Crippen LogP contribution in [0.5, 0.6) is 11.5 Å². The maximum atomic E-state index is 5.83. The number of hydrogen-bond donors (Lipinski definition) is 1. The van der Waals surface area contributed by atoms with Gasteiger partial charge in [0.25, 0.3) is 0 Å². The maximum absolute atomic E-state index is 5.83. The van der Waals surface area contributed by atoms with Gasteiger partial charge in [0.1, 0.15) is 18.1 Å². The van der Waals surface area contributed by atoms with Crippen molar-refractivity contribution in [2.24, 2.45) is 16.8 Å². The van der Waals surface area contributed by atoms with Gasteiger partial charge < -0.3 is 24.6 Å². The molecule has 158 valence electrons. The monoisotopic (exact) mass is 390 g/mol. The van der Waals surface area contributed by atoms with Crippen molar-refractivity contribution in [2.75, 3.05) is 60.5 Å². The van der Waals surface area contributed by atoms with Crippen LogP contribution < -0.4 is 14.8 Å². The molecule has 0 saturated carbocycles. The molecule has 0 spiro atoms. The van der Waals surface area contributed by atoms with Crippen LogP contribution in [0.25, 0.3) is 0 Å². The van der Waals surface area contributed by atoms with Gasteiger partial charge in [0.2, 0.25) is 0 Å². The van der Waals surface area contributed by atoms with E-state index in [1.165, 1.54) is 32.5 Å². The first kappa shape index (κ1) is 22.3. The summed E-state index contributed by atoms with van der Waals surface area (Å²) in [5.41, 5.74) is 0. The van der Waals surface area contributed by atoms with E-state index in [4.69, 9.17) is 9.47 Å². The molecule has 1 unspecified atom stereocenters. The van der Waals surface area contributed by atoms with E-state index in [0.717, 1.165) is 36.5 Å². The van der Waals surface area contributed by atoms with Gasteiger partial charge >= 0.3 is 0 Å². The van der Waals surface area contributed by atoms with Crippen molar-refractivity contribution >= 4 is 5.96 Å². The third kappa shape index (κ3) is 7.58. The van der Waals surface area contributed by atoms with Crippen LogP contribution in [-0.4, -0.2) is 76.3 Å². The van der Waals surface area contributed by atoms with E-state index in [-0.39, 0.29) is 0 Å². The Morgan fingerprint density at radius 3 is 2.64 bits per heavy atom. The number of likely N-dealkylation sites (N-methyl/N-ethyl adjacent to an activating group) is 1. The van der Waals surface area contributed by atoms with Crippen LogP contribution in [0, 0.1) is 11.8 Å². The predicted octanol–water partition coefficient (Wildman–Crippen LogP) is 2.95. The van der Waals surface area contributed by atoms with E-state index >= 15 is 0 Å². The molecule has 6 heteroatoms. The van der Waals surface area contributed by atoms with Crippen LogP contribution in [0.15, 0.2) is 29.3 Å². The quantitative estimate of drug-likeness (QED) is 0.519. The molecule has 0 bridgehead atoms. The Balaban J connectivity index is 1.71. The third-order valence-electron chi connectivity index (χ3n) is 5.10. The lowest BCUT2D eigenvalue weighted by Gasteiger charge is -2.34. The highest BCUT2D eigenvalue weighted by Crippen LogP contribution is 2.18. The number of aliphatic imine (C=N–C) groups is 1. The molecule has 1 N–H and O–H groups in total. The maximum Gasteiger partial charge on any atom is 0.193 e. The summed E-state index contributed by atoms with van der Waals surface area (Å²) in [5, 5.41) is 3.55. The van der Waals surface area contributed by atoms with Gasteiger partial charge in [-0.2, -0.15) is 0 Å². The van der Waals surface area contributed by atoms with Crippen molar-refractivity contribution in [3.05, 3.63) is 24.3 Å². The average molecular weight is 391 g/mol. The van der Waals surface area contributed by atoms with E-state index in [1.54, 1.807) is 7.11 Å². The minimum absolute atomic E-state index is 0.606. The molecule has 0 aliphatic carbocycles. The van der Waals surface area contributed by atoms with Gasteiger partial charge in [0.15, 0.2) is 5.96 Å². The first-order valence-electron chi connectivity index (χ1n) is 10.4. The first-order chi connectivity index (χ1) is 13.5. The number of piperidine rings is 1. The number of rotatable bonds is 9. The van der Waals surface area contributed by atoms with Gasteiger partial charge in [-0.15, -0.1) is 0 Å². The molecule has 2 rings (SSSR count). The van der Waals surface area contributed by atoms with Crippen molar-refractivity contribution in [3.8, 4) is 11.5 Å². The standard InChI is InChI=1S/C22H38N4O2/c1-18(2)16-26-12-6-7-19(17-26)15-24-22(23-3)25(4)13-14-28-21-10-8-20(27-5)9-11-21/h8-11,18-19H,6-7,12-17H2,1-5H3,(H,23,24). The highest BCUT2D eigenvalue weighted by molar-refractivity contribution is 5.79. The summed E-state index contributed by atoms with van der Waals surface area (Å²) in [7, 11) is 5.56. The molecule has 0 radical (unpaired) electrons. The van der Waals surface area contributed by atoms with Crippen molar-refractivity contribution in [2.45, 2.75) is 26.7 Å². The molecule has 1 fully saturated rings. The fourth-order valence-electron chi connectivity index (χ4n) is 3.70. The molecule has 0 aromatic heterocycles. The normalized spacial score (nSPS) is 18.2. The van der Waals surface area contributed by atoms with Crippen LogP contribution in [0.1, 0.15) is 26.7 Å². The average Bonchev–Trinajstić information content (AvgIpc) is 2.69. The topological polar surface area (TPSA) is 49.3 Å². The van der Waals surface area contributed by atoms with E-state index < -0.39 is 0 Å². The van der Waals surface area contributed by atoms with Gasteiger partial charge in [-0.25, -0.2) is 0 Å². The Hall–Kier alpha value is -1.95. The summed E-state index contributed by atoms with van der Waals surface area (Å²) in [6, 6.07) is 7.67. The molecule has 6 nitrogen and oxygen atoms in total. The van der Waals surface area contributed by atoms with Gasteiger partial charge in [-0.05, 0) is 55.5 Å². The van der Waals surface area contributed by atoms with E-state index in [1.807, 2.05) is 31.3 Å². The zero-order valence-corrected chi connectivity index (χ0v) is 18.3. The fraction of sp³-hybridized carbons (Fsp3) is 0.682. The molecule has 1 heterocycles. The smallest absolute Gasteiger partial charge is 0.193 e. The fourth-order valence-corrected chi connectivity index (χ4v) is 3.70. The molecule has 1 atom stereocenters. The van der Waals surface area contributed by atoms with Crippen molar-refractivity contribution in [1.82, 2.24) is 15.1 Å². The summed E-state index contributed by atoms with van der Waals surface area (Å²) in [5.74, 6) is 4.04. The van der Waals surface area contributed by atoms with Crippen molar-refractivity contribution < 1.29 is 9.47 Å². The highest BCUT2D eigenvalue weighted by atomic mass is 16.5. The summed E-state index contributed by atoms with van der Waals surface area (Å²) >= 11 is 0. The molecule has 1 aliphatic rings. The predicted molar refractivity (Wildman–Crippen MR) is 116 cm³/mol.